The summed E-state index contributed by atoms with van der Waals surface area (Å²) in [6.45, 7) is 1.06. The molecule has 2 aromatic rings. The Morgan fingerprint density at radius 1 is 1.27 bits per heavy atom. The van der Waals surface area contributed by atoms with Crippen LogP contribution in [0.5, 0.6) is 0 Å². The molecule has 1 aromatic carbocycles. The fourth-order valence-corrected chi connectivity index (χ4v) is 3.57. The fraction of sp³-hybridized carbons (Fsp3) is 0.333. The predicted molar refractivity (Wildman–Crippen MR) is 100 cm³/mol. The number of nitrogens with zero attached hydrogens (tertiary/aromatic N) is 4. The van der Waals surface area contributed by atoms with E-state index in [1.54, 1.807) is 42.8 Å². The van der Waals surface area contributed by atoms with Gasteiger partial charge in [0, 0.05) is 64.5 Å². The van der Waals surface area contributed by atoms with Gasteiger partial charge in [-0.05, 0) is 18.6 Å². The number of carbonyl (C=O) groups excluding carboxylic acids is 1. The van der Waals surface area contributed by atoms with Crippen molar-refractivity contribution in [3.05, 3.63) is 60.8 Å². The van der Waals surface area contributed by atoms with Crippen LogP contribution in [0.15, 0.2) is 60.2 Å². The van der Waals surface area contributed by atoms with Crippen LogP contribution in [0.1, 0.15) is 16.8 Å². The van der Waals surface area contributed by atoms with Crippen LogP contribution >= 0.6 is 0 Å². The highest BCUT2D eigenvalue weighted by Gasteiger charge is 2.21. The third-order valence-corrected chi connectivity index (χ3v) is 5.65. The number of benzene rings is 1. The molecule has 1 heterocycles. The van der Waals surface area contributed by atoms with Gasteiger partial charge in [-0.3, -0.25) is 4.79 Å². The zero-order valence-corrected chi connectivity index (χ0v) is 16.1. The topological polar surface area (TPSA) is 75.5 Å². The first kappa shape index (κ1) is 19.9. The Hall–Kier alpha value is -2.45. The van der Waals surface area contributed by atoms with E-state index >= 15 is 0 Å². The van der Waals surface area contributed by atoms with Crippen LogP contribution in [0.25, 0.3) is 0 Å². The number of sulfonamides is 1. The molecule has 0 amide bonds. The molecule has 0 bridgehead atoms. The molecule has 0 atom stereocenters. The van der Waals surface area contributed by atoms with Crippen LogP contribution < -0.4 is 0 Å². The first-order chi connectivity index (χ1) is 12.3. The normalized spacial score (nSPS) is 12.0. The average Bonchev–Trinajstić information content (AvgIpc) is 3.13. The molecule has 0 fully saturated rings. The second-order valence-corrected chi connectivity index (χ2v) is 8.20. The van der Waals surface area contributed by atoms with E-state index in [1.807, 2.05) is 24.9 Å². The standard InChI is InChI=1S/C18H24N4O3S/c1-20(2)12-8-18(23)16-6-4-7-17(14-16)26(24,25)21(3)10-5-11-22-13-9-19-15-22/h4,6-9,12-15H,5,10-11H2,1-3H3. The zero-order chi connectivity index (χ0) is 19.2. The summed E-state index contributed by atoms with van der Waals surface area (Å²) in [5.41, 5.74) is 0.344. The molecule has 0 N–H and O–H groups in total. The van der Waals surface area contributed by atoms with Gasteiger partial charge in [0.25, 0.3) is 0 Å². The summed E-state index contributed by atoms with van der Waals surface area (Å²) in [7, 11) is 1.52. The first-order valence-electron chi connectivity index (χ1n) is 8.22. The van der Waals surface area contributed by atoms with Crippen molar-refractivity contribution in [1.82, 2.24) is 18.8 Å². The van der Waals surface area contributed by atoms with E-state index in [4.69, 9.17) is 0 Å². The highest BCUT2D eigenvalue weighted by molar-refractivity contribution is 7.89. The van der Waals surface area contributed by atoms with Crippen molar-refractivity contribution in [2.24, 2.45) is 0 Å². The van der Waals surface area contributed by atoms with E-state index < -0.39 is 10.0 Å². The Bertz CT molecular complexity index is 858. The number of hydrogen-bond acceptors (Lipinski definition) is 5. The van der Waals surface area contributed by atoms with E-state index in [1.165, 1.54) is 22.5 Å². The van der Waals surface area contributed by atoms with E-state index in [2.05, 4.69) is 4.98 Å². The Balaban J connectivity index is 2.07. The van der Waals surface area contributed by atoms with Crippen LogP contribution in [-0.4, -0.2) is 60.6 Å². The van der Waals surface area contributed by atoms with E-state index in [0.29, 0.717) is 25.1 Å². The number of aromatic nitrogens is 2. The SMILES string of the molecule is CN(C)C=CC(=O)c1cccc(S(=O)(=O)N(C)CCCn2ccnc2)c1. The molecule has 140 valence electrons. The first-order valence-corrected chi connectivity index (χ1v) is 9.66. The number of hydrogen-bond donors (Lipinski definition) is 0. The highest BCUT2D eigenvalue weighted by Crippen LogP contribution is 2.17. The summed E-state index contributed by atoms with van der Waals surface area (Å²) in [5.74, 6) is -0.237. The molecule has 7 nitrogen and oxygen atoms in total. The monoisotopic (exact) mass is 376 g/mol. The lowest BCUT2D eigenvalue weighted by Gasteiger charge is -2.17. The van der Waals surface area contributed by atoms with Crippen molar-refractivity contribution in [2.75, 3.05) is 27.7 Å². The zero-order valence-electron chi connectivity index (χ0n) is 15.2. The van der Waals surface area contributed by atoms with Gasteiger partial charge in [0.15, 0.2) is 5.78 Å². The molecule has 0 unspecified atom stereocenters. The number of carbonyl (C=O) groups is 1. The molecule has 0 aliphatic heterocycles. The van der Waals surface area contributed by atoms with Gasteiger partial charge in [0.2, 0.25) is 10.0 Å². The average molecular weight is 376 g/mol. The van der Waals surface area contributed by atoms with Crippen LogP contribution in [0.4, 0.5) is 0 Å². The minimum Gasteiger partial charge on any atom is -0.383 e. The smallest absolute Gasteiger partial charge is 0.242 e. The lowest BCUT2D eigenvalue weighted by molar-refractivity contribution is 0.104. The Morgan fingerprint density at radius 3 is 2.69 bits per heavy atom. The number of rotatable bonds is 9. The van der Waals surface area contributed by atoms with Crippen LogP contribution in [0, 0.1) is 0 Å². The number of ketones is 1. The molecular formula is C18H24N4O3S. The molecule has 0 saturated carbocycles. The van der Waals surface area contributed by atoms with E-state index in [9.17, 15) is 13.2 Å². The molecule has 2 rings (SSSR count). The van der Waals surface area contributed by atoms with Gasteiger partial charge < -0.3 is 9.47 Å². The van der Waals surface area contributed by atoms with Gasteiger partial charge in [0.05, 0.1) is 11.2 Å². The van der Waals surface area contributed by atoms with Gasteiger partial charge in [-0.15, -0.1) is 0 Å². The van der Waals surface area contributed by atoms with Crippen molar-refractivity contribution in [3.63, 3.8) is 0 Å². The third-order valence-electron chi connectivity index (χ3n) is 3.80. The van der Waals surface area contributed by atoms with Gasteiger partial charge in [-0.2, -0.15) is 0 Å². The molecular weight excluding hydrogens is 352 g/mol. The van der Waals surface area contributed by atoms with Gasteiger partial charge >= 0.3 is 0 Å². The molecule has 0 radical (unpaired) electrons. The molecule has 0 aliphatic carbocycles. The van der Waals surface area contributed by atoms with Crippen molar-refractivity contribution in [2.45, 2.75) is 17.9 Å². The Labute approximate surface area is 154 Å². The maximum atomic E-state index is 12.7. The Kier molecular flexibility index (Phi) is 6.70. The summed E-state index contributed by atoms with van der Waals surface area (Å²) < 4.78 is 28.7. The van der Waals surface area contributed by atoms with Crippen molar-refractivity contribution in [1.29, 1.82) is 0 Å². The maximum absolute atomic E-state index is 12.7. The predicted octanol–water partition coefficient (Wildman–Crippen LogP) is 1.85. The molecule has 0 aliphatic rings. The summed E-state index contributed by atoms with van der Waals surface area (Å²) >= 11 is 0. The van der Waals surface area contributed by atoms with Crippen LogP contribution in [-0.2, 0) is 16.6 Å². The quantitative estimate of drug-likeness (QED) is 0.493. The minimum absolute atomic E-state index is 0.117. The van der Waals surface area contributed by atoms with Crippen LogP contribution in [0.2, 0.25) is 0 Å². The van der Waals surface area contributed by atoms with Crippen molar-refractivity contribution in [3.8, 4) is 0 Å². The summed E-state index contributed by atoms with van der Waals surface area (Å²) in [6, 6.07) is 6.13. The molecule has 0 saturated heterocycles. The molecule has 26 heavy (non-hydrogen) atoms. The van der Waals surface area contributed by atoms with Gasteiger partial charge in [0.1, 0.15) is 0 Å². The van der Waals surface area contributed by atoms with Crippen molar-refractivity contribution >= 4 is 15.8 Å². The van der Waals surface area contributed by atoms with Crippen molar-refractivity contribution < 1.29 is 13.2 Å². The molecule has 1 aromatic heterocycles. The highest BCUT2D eigenvalue weighted by atomic mass is 32.2. The second-order valence-electron chi connectivity index (χ2n) is 6.15. The summed E-state index contributed by atoms with van der Waals surface area (Å²) in [5, 5.41) is 0. The number of imidazole rings is 1. The Morgan fingerprint density at radius 2 is 2.04 bits per heavy atom. The molecule has 0 spiro atoms. The van der Waals surface area contributed by atoms with Gasteiger partial charge in [-0.1, -0.05) is 12.1 Å². The number of allylic oxidation sites excluding steroid dienone is 1. The van der Waals surface area contributed by atoms with Crippen LogP contribution in [0.3, 0.4) is 0 Å². The lowest BCUT2D eigenvalue weighted by Crippen LogP contribution is -2.28. The third kappa shape index (κ3) is 5.27. The largest absolute Gasteiger partial charge is 0.383 e. The van der Waals surface area contributed by atoms with E-state index in [0.717, 1.165) is 0 Å². The summed E-state index contributed by atoms with van der Waals surface area (Å²) in [4.78, 5) is 18.0. The van der Waals surface area contributed by atoms with E-state index in [-0.39, 0.29) is 10.7 Å². The second kappa shape index (κ2) is 8.77. The fourth-order valence-electron chi connectivity index (χ4n) is 2.32. The summed E-state index contributed by atoms with van der Waals surface area (Å²) in [6.07, 6.45) is 8.94. The van der Waals surface area contributed by atoms with Gasteiger partial charge in [-0.25, -0.2) is 17.7 Å². The lowest BCUT2D eigenvalue weighted by atomic mass is 10.1. The molecule has 8 heteroatoms. The minimum atomic E-state index is -3.65. The number of aryl methyl sites for hydroxylation is 1. The maximum Gasteiger partial charge on any atom is 0.242 e.